The van der Waals surface area contributed by atoms with Gasteiger partial charge in [0.2, 0.25) is 0 Å². The molecule has 0 saturated heterocycles. The average Bonchev–Trinajstić information content (AvgIpc) is 1.81. The van der Waals surface area contributed by atoms with Gasteiger partial charge in [-0.15, -0.1) is 0 Å². The van der Waals surface area contributed by atoms with E-state index in [1.54, 1.807) is 0 Å². The first-order valence-corrected chi connectivity index (χ1v) is 3.33. The molecule has 0 spiro atoms. The largest absolute Gasteiger partial charge is 0 e. The fraction of sp³-hybridized carbons (Fsp3) is 0. The molecule has 0 rings (SSSR count). The molecule has 0 amide bonds. The Labute approximate surface area is 79.4 Å². The van der Waals surface area contributed by atoms with Crippen LogP contribution >= 0.6 is 0 Å². The smallest absolute Gasteiger partial charge is 0 e. The summed E-state index contributed by atoms with van der Waals surface area (Å²) in [4.78, 5) is 0. The maximum Gasteiger partial charge on any atom is 0 e. The van der Waals surface area contributed by atoms with Crippen LogP contribution in [-0.4, -0.2) is 79.0 Å². The van der Waals surface area contributed by atoms with Crippen LogP contribution in [0.15, 0.2) is 0 Å². The highest BCUT2D eigenvalue weighted by atomic mass is 13.0. The minimum Gasteiger partial charge on any atom is 0 e. The standard InChI is InChI=1S/B11/c1-8(2)7-11(9(3)4)10(5)6. The van der Waals surface area contributed by atoms with Crippen LogP contribution in [0.1, 0.15) is 0 Å². The van der Waals surface area contributed by atoms with Crippen molar-refractivity contribution >= 4 is 79.0 Å². The summed E-state index contributed by atoms with van der Waals surface area (Å²) < 4.78 is 0. The lowest BCUT2D eigenvalue weighted by atomic mass is 8.60. The Hall–Kier alpha value is 0.714. The van der Waals surface area contributed by atoms with E-state index in [0.717, 1.165) is 0 Å². The van der Waals surface area contributed by atoms with Crippen molar-refractivity contribution in [1.82, 2.24) is 0 Å². The van der Waals surface area contributed by atoms with Crippen LogP contribution in [0.2, 0.25) is 0 Å². The van der Waals surface area contributed by atoms with E-state index in [-0.39, 0.29) is 6.39 Å². The van der Waals surface area contributed by atoms with Crippen molar-refractivity contribution in [3.05, 3.63) is 0 Å². The van der Waals surface area contributed by atoms with E-state index in [4.69, 9.17) is 46.4 Å². The highest BCUT2D eigenvalue weighted by molar-refractivity contribution is 7.97. The molecule has 0 heterocycles. The zero-order valence-corrected chi connectivity index (χ0v) is 6.35. The van der Waals surface area contributed by atoms with Gasteiger partial charge in [-0.05, 0) is 0 Å². The van der Waals surface area contributed by atoms with Gasteiger partial charge in [-0.3, -0.25) is 0 Å². The summed E-state index contributed by atoms with van der Waals surface area (Å²) in [5.74, 6) is 0. The molecule has 11 heavy (non-hydrogen) atoms. The molecule has 0 aliphatic heterocycles. The Balaban J connectivity index is 3.90. The molecule has 0 aromatic carbocycles. The Morgan fingerprint density at radius 3 is 1.18 bits per heavy atom. The van der Waals surface area contributed by atoms with Gasteiger partial charge in [0.15, 0.2) is 0 Å². The lowest BCUT2D eigenvalue weighted by Crippen LogP contribution is -2.59. The van der Waals surface area contributed by atoms with Gasteiger partial charge in [0, 0.05) is 79.0 Å². The van der Waals surface area contributed by atoms with Gasteiger partial charge in [0.05, 0.1) is 0 Å². The van der Waals surface area contributed by atoms with Crippen molar-refractivity contribution in [2.24, 2.45) is 0 Å². The third-order valence-electron chi connectivity index (χ3n) is 1.33. The van der Waals surface area contributed by atoms with Crippen molar-refractivity contribution in [3.8, 4) is 0 Å². The van der Waals surface area contributed by atoms with Gasteiger partial charge >= 0.3 is 0 Å². The number of hydrogen-bond acceptors (Lipinski definition) is 0. The molecule has 0 atom stereocenters. The minimum absolute atomic E-state index is 0.352. The third-order valence-corrected chi connectivity index (χ3v) is 1.33. The van der Waals surface area contributed by atoms with E-state index in [9.17, 15) is 0 Å². The lowest BCUT2D eigenvalue weighted by Gasteiger charge is -2.21. The summed E-state index contributed by atoms with van der Waals surface area (Å²) in [5, 5.41) is 0. The Bertz CT molecular complexity index is 82.2. The molecule has 0 unspecified atom stereocenters. The topological polar surface area (TPSA) is 0 Å². The van der Waals surface area contributed by atoms with E-state index in [1.165, 1.54) is 7.06 Å². The molecule has 0 aliphatic carbocycles. The molecule has 0 aliphatic rings. The second kappa shape index (κ2) is 5.38. The summed E-state index contributed by atoms with van der Waals surface area (Å²) in [5.41, 5.74) is 0. The van der Waals surface area contributed by atoms with E-state index in [0.29, 0.717) is 0 Å². The van der Waals surface area contributed by atoms with Gasteiger partial charge in [0.1, 0.15) is 0 Å². The molecular weight excluding hydrogens is 119 g/mol. The molecule has 0 nitrogen and oxygen atoms in total. The first kappa shape index (κ1) is 11.7. The zero-order valence-electron chi connectivity index (χ0n) is 6.35. The van der Waals surface area contributed by atoms with Gasteiger partial charge in [0.25, 0.3) is 0 Å². The van der Waals surface area contributed by atoms with E-state index in [1.807, 2.05) is 0 Å². The summed E-state index contributed by atoms with van der Waals surface area (Å²) in [6.45, 7) is 0. The van der Waals surface area contributed by atoms with Crippen molar-refractivity contribution in [1.29, 1.82) is 0 Å². The van der Waals surface area contributed by atoms with Crippen LogP contribution < -0.4 is 0 Å². The van der Waals surface area contributed by atoms with Crippen molar-refractivity contribution in [3.63, 3.8) is 0 Å². The fourth-order valence-corrected chi connectivity index (χ4v) is 0.770. The third kappa shape index (κ3) is 5.03. The Morgan fingerprint density at radius 2 is 1.09 bits per heavy atom. The molecule has 13 radical (unpaired) electrons. The molecule has 0 bridgehead atoms. The van der Waals surface area contributed by atoms with E-state index >= 15 is 0 Å². The SMILES string of the molecule is [B]B([B])[B]B(B([B])[B])B([B])[B]. The monoisotopic (exact) mass is 121 g/mol. The summed E-state index contributed by atoms with van der Waals surface area (Å²) in [6.07, 6.45) is -2.19. The average molecular weight is 119 g/mol. The minimum atomic E-state index is -0.621. The van der Waals surface area contributed by atoms with E-state index < -0.39 is 19.2 Å². The molecule has 33 valence electrons. The maximum absolute atomic E-state index is 5.36. The van der Waals surface area contributed by atoms with Gasteiger partial charge in [-0.25, -0.2) is 0 Å². The predicted molar refractivity (Wildman–Crippen MR) is 63.3 cm³/mol. The maximum atomic E-state index is 5.36. The van der Waals surface area contributed by atoms with Crippen LogP contribution in [0.3, 0.4) is 0 Å². The Morgan fingerprint density at radius 1 is 0.727 bits per heavy atom. The van der Waals surface area contributed by atoms with Gasteiger partial charge in [-0.1, -0.05) is 0 Å². The second-order valence-electron chi connectivity index (χ2n) is 2.50. The summed E-state index contributed by atoms with van der Waals surface area (Å²) in [7, 11) is 33.5. The molecular formula is B11. The van der Waals surface area contributed by atoms with Crippen molar-refractivity contribution < 1.29 is 0 Å². The van der Waals surface area contributed by atoms with Gasteiger partial charge in [-0.2, -0.15) is 0 Å². The van der Waals surface area contributed by atoms with Gasteiger partial charge < -0.3 is 0 Å². The normalized spacial score (nSPS) is 8.36. The fourth-order valence-electron chi connectivity index (χ4n) is 0.770. The van der Waals surface area contributed by atoms with Crippen LogP contribution in [0.4, 0.5) is 0 Å². The summed E-state index contributed by atoms with van der Waals surface area (Å²) >= 11 is 0. The van der Waals surface area contributed by atoms with Crippen LogP contribution in [0.5, 0.6) is 0 Å². The van der Waals surface area contributed by atoms with Crippen LogP contribution in [0, 0.1) is 0 Å². The van der Waals surface area contributed by atoms with Crippen molar-refractivity contribution in [2.45, 2.75) is 0 Å². The molecule has 0 saturated carbocycles. The zero-order chi connectivity index (χ0) is 9.02. The van der Waals surface area contributed by atoms with Crippen LogP contribution in [-0.2, 0) is 0 Å². The first-order chi connectivity index (χ1) is 4.95. The van der Waals surface area contributed by atoms with Crippen LogP contribution in [0.25, 0.3) is 0 Å². The summed E-state index contributed by atoms with van der Waals surface area (Å²) in [6, 6.07) is 0. The quantitative estimate of drug-likeness (QED) is 0.329. The molecule has 0 N–H and O–H groups in total. The highest BCUT2D eigenvalue weighted by Crippen LogP contribution is 1.84. The molecule has 11 heteroatoms. The highest BCUT2D eigenvalue weighted by Gasteiger charge is 2.22. The second-order valence-corrected chi connectivity index (χ2v) is 2.50. The van der Waals surface area contributed by atoms with Crippen molar-refractivity contribution in [2.75, 3.05) is 0 Å². The first-order valence-electron chi connectivity index (χ1n) is 3.33. The molecule has 0 aromatic rings. The number of hydrogen-bond donors (Lipinski definition) is 0. The Kier molecular flexibility index (Phi) is 5.72. The molecule has 0 aromatic heterocycles. The lowest BCUT2D eigenvalue weighted by molar-refractivity contribution is 3.54. The van der Waals surface area contributed by atoms with E-state index in [2.05, 4.69) is 0 Å². The predicted octanol–water partition coefficient (Wildman–Crippen LogP) is -4.19. The number of rotatable bonds is 4. The molecule has 0 fully saturated rings.